The van der Waals surface area contributed by atoms with E-state index in [1.165, 1.54) is 14.2 Å². The number of aromatic nitrogens is 5. The molecule has 0 bridgehead atoms. The second-order valence-electron chi connectivity index (χ2n) is 18.8. The van der Waals surface area contributed by atoms with Crippen molar-refractivity contribution in [1.82, 2.24) is 45.4 Å². The van der Waals surface area contributed by atoms with E-state index < -0.39 is 24.3 Å². The standard InChI is InChI=1S/C50H55N9O6/c1-25(2)42(56-49(62)64-5)47(60)58-38-19-31(38)21-40(58)45-52-23-36(54-45)29-11-7-27(8-12-29)33-15-16-34(44-35(33)17-18-51-44)28-9-13-30(14-10-28)37-24-53-46(55-37)41-22-32-20-39(32)59(41)48(61)43(26(3)4)57-50(63)65-6/h7-18,23-26,31-32,38-43,51H,19-22H2,1-6H3,(H,52,54)(H,53,55)(H,56,62)(H,57,63)/t31-,32-,38?,39-,40+,41+,42+,43+/m1/s1. The number of H-pyrrole nitrogens is 3. The third kappa shape index (κ3) is 7.69. The Morgan fingerprint density at radius 2 is 1.03 bits per heavy atom. The highest BCUT2D eigenvalue weighted by atomic mass is 16.5. The van der Waals surface area contributed by atoms with Gasteiger partial charge in [-0.3, -0.25) is 9.59 Å². The first-order valence-corrected chi connectivity index (χ1v) is 22.7. The van der Waals surface area contributed by atoms with Crippen LogP contribution in [0.1, 0.15) is 77.1 Å². The number of ether oxygens (including phenoxy) is 2. The number of nitrogens with one attached hydrogen (secondary N) is 5. The van der Waals surface area contributed by atoms with Crippen LogP contribution in [0.2, 0.25) is 0 Å². The van der Waals surface area contributed by atoms with Crippen LogP contribution in [0.25, 0.3) is 55.7 Å². The molecule has 4 aliphatic rings. The number of carbonyl (C=O) groups excluding carboxylic acids is 4. The van der Waals surface area contributed by atoms with E-state index in [0.717, 1.165) is 93.0 Å². The van der Waals surface area contributed by atoms with Crippen LogP contribution in [-0.2, 0) is 19.1 Å². The van der Waals surface area contributed by atoms with Gasteiger partial charge in [-0.05, 0) is 83.2 Å². The molecule has 2 aliphatic carbocycles. The van der Waals surface area contributed by atoms with Gasteiger partial charge in [0.1, 0.15) is 23.7 Å². The summed E-state index contributed by atoms with van der Waals surface area (Å²) in [5.41, 5.74) is 9.13. The normalized spacial score (nSPS) is 22.7. The Balaban J connectivity index is 0.832. The molecule has 2 saturated carbocycles. The minimum absolute atomic E-state index is 0.0991. The molecule has 4 amide bonds. The quantitative estimate of drug-likeness (QED) is 0.0810. The molecule has 0 spiro atoms. The molecular weight excluding hydrogens is 823 g/mol. The Hall–Kier alpha value is -6.90. The van der Waals surface area contributed by atoms with Crippen molar-refractivity contribution >= 4 is 34.9 Å². The van der Waals surface area contributed by atoms with Crippen LogP contribution >= 0.6 is 0 Å². The van der Waals surface area contributed by atoms with E-state index in [4.69, 9.17) is 19.4 Å². The number of likely N-dealkylation sites (tertiary alicyclic amines) is 2. The largest absolute Gasteiger partial charge is 0.453 e. The van der Waals surface area contributed by atoms with Crippen molar-refractivity contribution in [2.75, 3.05) is 14.2 Å². The number of carbonyl (C=O) groups is 4. The van der Waals surface area contributed by atoms with Crippen molar-refractivity contribution in [1.29, 1.82) is 0 Å². The molecular formula is C50H55N9O6. The van der Waals surface area contributed by atoms with Gasteiger partial charge in [0.25, 0.3) is 0 Å². The van der Waals surface area contributed by atoms with E-state index in [1.54, 1.807) is 0 Å². The molecule has 8 atom stereocenters. The minimum atomic E-state index is -0.682. The first kappa shape index (κ1) is 42.1. The number of alkyl carbamates (subject to hydrolysis) is 2. The summed E-state index contributed by atoms with van der Waals surface area (Å²) in [5, 5.41) is 6.61. The fourth-order valence-electron chi connectivity index (χ4n) is 10.4. The number of fused-ring (bicyclic) bond motifs is 3. The summed E-state index contributed by atoms with van der Waals surface area (Å²) in [4.78, 5) is 75.9. The van der Waals surface area contributed by atoms with E-state index in [0.29, 0.717) is 11.8 Å². The summed E-state index contributed by atoms with van der Waals surface area (Å²) in [6.45, 7) is 7.70. The molecule has 65 heavy (non-hydrogen) atoms. The molecule has 0 radical (unpaired) electrons. The number of rotatable bonds is 12. The van der Waals surface area contributed by atoms with Gasteiger partial charge in [-0.25, -0.2) is 19.6 Å². The van der Waals surface area contributed by atoms with Gasteiger partial charge in [-0.1, -0.05) is 88.4 Å². The number of benzene rings is 3. The molecule has 15 heteroatoms. The lowest BCUT2D eigenvalue weighted by Gasteiger charge is -2.31. The van der Waals surface area contributed by atoms with E-state index in [1.807, 2.05) is 56.1 Å². The summed E-state index contributed by atoms with van der Waals surface area (Å²) in [6, 6.07) is 21.9. The fraction of sp³-hybridized carbons (Fsp3) is 0.400. The zero-order chi connectivity index (χ0) is 45.3. The Bertz CT molecular complexity index is 2590. The number of hydrogen-bond acceptors (Lipinski definition) is 8. The van der Waals surface area contributed by atoms with Crippen molar-refractivity contribution in [2.24, 2.45) is 23.7 Å². The molecule has 5 heterocycles. The topological polar surface area (TPSA) is 190 Å². The molecule has 3 aromatic carbocycles. The molecule has 5 N–H and O–H groups in total. The van der Waals surface area contributed by atoms with Crippen molar-refractivity contribution in [3.8, 4) is 44.8 Å². The molecule has 336 valence electrons. The Kier molecular flexibility index (Phi) is 10.7. The maximum Gasteiger partial charge on any atom is 0.407 e. The minimum Gasteiger partial charge on any atom is -0.453 e. The van der Waals surface area contributed by atoms with E-state index in [-0.39, 0.29) is 47.8 Å². The van der Waals surface area contributed by atoms with Gasteiger partial charge in [-0.2, -0.15) is 0 Å². The number of nitrogens with zero attached hydrogens (tertiary/aromatic N) is 4. The van der Waals surface area contributed by atoms with Crippen LogP contribution in [-0.4, -0.2) is 97.1 Å². The van der Waals surface area contributed by atoms with E-state index in [9.17, 15) is 19.2 Å². The number of imidazole rings is 2. The van der Waals surface area contributed by atoms with Gasteiger partial charge in [0, 0.05) is 29.2 Å². The number of piperidine rings is 2. The highest BCUT2D eigenvalue weighted by Crippen LogP contribution is 2.54. The smallest absolute Gasteiger partial charge is 0.407 e. The summed E-state index contributed by atoms with van der Waals surface area (Å²) < 4.78 is 9.63. The first-order chi connectivity index (χ1) is 31.4. The first-order valence-electron chi connectivity index (χ1n) is 22.7. The van der Waals surface area contributed by atoms with Crippen LogP contribution in [0.5, 0.6) is 0 Å². The van der Waals surface area contributed by atoms with Crippen LogP contribution in [0.15, 0.2) is 85.3 Å². The van der Waals surface area contributed by atoms with Gasteiger partial charge in [0.2, 0.25) is 11.8 Å². The zero-order valence-electron chi connectivity index (χ0n) is 37.4. The molecule has 3 aromatic heterocycles. The van der Waals surface area contributed by atoms with Gasteiger partial charge in [-0.15, -0.1) is 0 Å². The number of methoxy groups -OCH3 is 2. The third-order valence-corrected chi connectivity index (χ3v) is 14.1. The monoisotopic (exact) mass is 877 g/mol. The SMILES string of the molecule is COC(=O)N[C@H](C(=O)N1C2C[C@@H]2C[C@H]1c1ncc(-c2ccc(-c3ccc(-c4ccc(-c5cnc([C@@H]6C[C@H]7C[C@H]7N6C(=O)[C@@H](NC(=O)OC)C(C)C)[nH]5)cc4)c4[nH]ccc34)cc2)[nH]1)C(C)C. The predicted molar refractivity (Wildman–Crippen MR) is 245 cm³/mol. The maximum absolute atomic E-state index is 13.9. The van der Waals surface area contributed by atoms with Crippen molar-refractivity contribution in [3.05, 3.63) is 97.0 Å². The molecule has 2 aliphatic heterocycles. The lowest BCUT2D eigenvalue weighted by atomic mass is 9.95. The second kappa shape index (κ2) is 16.6. The lowest BCUT2D eigenvalue weighted by Crippen LogP contribution is -2.52. The Morgan fingerprint density at radius 1 is 0.600 bits per heavy atom. The zero-order valence-corrected chi connectivity index (χ0v) is 37.4. The third-order valence-electron chi connectivity index (χ3n) is 14.1. The lowest BCUT2D eigenvalue weighted by molar-refractivity contribution is -0.137. The second-order valence-corrected chi connectivity index (χ2v) is 18.8. The Morgan fingerprint density at radius 3 is 1.48 bits per heavy atom. The van der Waals surface area contributed by atoms with Crippen molar-refractivity contribution in [2.45, 2.75) is 89.6 Å². The van der Waals surface area contributed by atoms with Crippen LogP contribution in [0.3, 0.4) is 0 Å². The molecule has 2 saturated heterocycles. The highest BCUT2D eigenvalue weighted by molar-refractivity contribution is 6.03. The number of amides is 4. The van der Waals surface area contributed by atoms with Gasteiger partial charge in [0.15, 0.2) is 0 Å². The van der Waals surface area contributed by atoms with Crippen molar-refractivity contribution < 1.29 is 28.7 Å². The molecule has 10 rings (SSSR count). The predicted octanol–water partition coefficient (Wildman–Crippen LogP) is 8.37. The molecule has 6 aromatic rings. The van der Waals surface area contributed by atoms with Gasteiger partial charge >= 0.3 is 12.2 Å². The average Bonchev–Trinajstić information content (AvgIpc) is 3.77. The van der Waals surface area contributed by atoms with Crippen LogP contribution in [0.4, 0.5) is 9.59 Å². The number of hydrogen-bond donors (Lipinski definition) is 5. The summed E-state index contributed by atoms with van der Waals surface area (Å²) in [5.74, 6) is 1.99. The fourth-order valence-corrected chi connectivity index (χ4v) is 10.4. The van der Waals surface area contributed by atoms with Gasteiger partial charge < -0.3 is 44.9 Å². The van der Waals surface area contributed by atoms with Crippen LogP contribution in [0, 0.1) is 23.7 Å². The van der Waals surface area contributed by atoms with Gasteiger partial charge in [0.05, 0.1) is 55.6 Å². The van der Waals surface area contributed by atoms with E-state index >= 15 is 0 Å². The van der Waals surface area contributed by atoms with E-state index in [2.05, 4.69) is 92.3 Å². The molecule has 15 nitrogen and oxygen atoms in total. The molecule has 4 fully saturated rings. The average molecular weight is 878 g/mol. The Labute approximate surface area is 377 Å². The molecule has 1 unspecified atom stereocenters. The summed E-state index contributed by atoms with van der Waals surface area (Å²) in [6.07, 6.45) is 8.06. The summed E-state index contributed by atoms with van der Waals surface area (Å²) >= 11 is 0. The maximum atomic E-state index is 13.9. The highest BCUT2D eigenvalue weighted by Gasteiger charge is 2.57. The van der Waals surface area contributed by atoms with Crippen LogP contribution < -0.4 is 10.6 Å². The summed E-state index contributed by atoms with van der Waals surface area (Å²) in [7, 11) is 2.61. The number of aromatic amines is 3. The van der Waals surface area contributed by atoms with Crippen molar-refractivity contribution in [3.63, 3.8) is 0 Å².